The van der Waals surface area contributed by atoms with Crippen molar-refractivity contribution in [2.45, 2.75) is 5.92 Å². The van der Waals surface area contributed by atoms with Gasteiger partial charge in [-0.1, -0.05) is 0 Å². The largest absolute Gasteiger partial charge is 0.492 e. The molecule has 0 radical (unpaired) electrons. The Bertz CT molecular complexity index is 455. The van der Waals surface area contributed by atoms with Gasteiger partial charge in [-0.15, -0.1) is 11.6 Å². The second kappa shape index (κ2) is 5.14. The number of amides is 1. The Hall–Kier alpha value is -0.940. The van der Waals surface area contributed by atoms with Crippen molar-refractivity contribution in [1.82, 2.24) is 0 Å². The number of nitrogens with one attached hydrogen (secondary N) is 1. The van der Waals surface area contributed by atoms with Gasteiger partial charge in [0.05, 0.1) is 17.5 Å². The third-order valence-corrected chi connectivity index (χ3v) is 3.10. The Balaban J connectivity index is 2.44. The number of thiol groups is 1. The molecule has 92 valence electrons. The van der Waals surface area contributed by atoms with E-state index >= 15 is 0 Å². The Morgan fingerprint density at radius 2 is 2.29 bits per heavy atom. The lowest BCUT2D eigenvalue weighted by Gasteiger charge is -2.12. The number of ether oxygens (including phenoxy) is 1. The van der Waals surface area contributed by atoms with E-state index in [9.17, 15) is 9.18 Å². The Morgan fingerprint density at radius 3 is 2.94 bits per heavy atom. The number of alkyl halides is 1. The van der Waals surface area contributed by atoms with E-state index in [1.807, 2.05) is 0 Å². The van der Waals surface area contributed by atoms with Crippen LogP contribution in [0.1, 0.15) is 11.5 Å². The van der Waals surface area contributed by atoms with Gasteiger partial charge in [-0.3, -0.25) is 4.79 Å². The number of hydrogen-bond donors (Lipinski definition) is 2. The molecular formula is C11H11ClFNO2S. The highest BCUT2D eigenvalue weighted by Crippen LogP contribution is 2.41. The van der Waals surface area contributed by atoms with Crippen molar-refractivity contribution in [1.29, 1.82) is 0 Å². The van der Waals surface area contributed by atoms with Crippen molar-refractivity contribution in [3.8, 4) is 5.75 Å². The third kappa shape index (κ3) is 2.21. The summed E-state index contributed by atoms with van der Waals surface area (Å²) in [5.74, 6) is -0.0704. The van der Waals surface area contributed by atoms with Crippen molar-refractivity contribution in [2.75, 3.05) is 23.6 Å². The highest BCUT2D eigenvalue weighted by molar-refractivity contribution is 7.80. The quantitative estimate of drug-likeness (QED) is 0.654. The number of hydrogen-bond acceptors (Lipinski definition) is 3. The lowest BCUT2D eigenvalue weighted by atomic mass is 10.0. The zero-order valence-electron chi connectivity index (χ0n) is 8.87. The zero-order valence-corrected chi connectivity index (χ0v) is 10.5. The van der Waals surface area contributed by atoms with Gasteiger partial charge in [-0.05, 0) is 12.1 Å². The average Bonchev–Trinajstić information content (AvgIpc) is 2.66. The molecule has 0 saturated heterocycles. The van der Waals surface area contributed by atoms with Crippen molar-refractivity contribution in [3.63, 3.8) is 0 Å². The van der Waals surface area contributed by atoms with Crippen molar-refractivity contribution >= 4 is 35.8 Å². The topological polar surface area (TPSA) is 38.3 Å². The van der Waals surface area contributed by atoms with Crippen LogP contribution in [0.25, 0.3) is 0 Å². The molecule has 1 unspecified atom stereocenters. The van der Waals surface area contributed by atoms with Gasteiger partial charge in [-0.25, -0.2) is 4.39 Å². The van der Waals surface area contributed by atoms with Crippen LogP contribution in [0, 0.1) is 5.82 Å². The standard InChI is InChI=1S/C11H11ClFNO2S/c12-3-4-16-8-2-1-7(13)10-9(8)6(5-17)11(15)14-10/h1-2,6,17H,3-5H2,(H,14,15). The zero-order chi connectivity index (χ0) is 12.4. The van der Waals surface area contributed by atoms with Crippen LogP contribution in [0.4, 0.5) is 10.1 Å². The molecule has 1 aromatic carbocycles. The molecule has 1 atom stereocenters. The normalized spacial score (nSPS) is 17.8. The number of fused-ring (bicyclic) bond motifs is 1. The predicted octanol–water partition coefficient (Wildman–Crippen LogP) is 2.41. The van der Waals surface area contributed by atoms with Gasteiger partial charge >= 0.3 is 0 Å². The maximum atomic E-state index is 13.6. The first kappa shape index (κ1) is 12.5. The van der Waals surface area contributed by atoms with E-state index in [2.05, 4.69) is 17.9 Å². The summed E-state index contributed by atoms with van der Waals surface area (Å²) in [6.45, 7) is 0.313. The van der Waals surface area contributed by atoms with Gasteiger partial charge in [-0.2, -0.15) is 12.6 Å². The first-order chi connectivity index (χ1) is 8.19. The molecule has 1 amide bonds. The lowest BCUT2D eigenvalue weighted by molar-refractivity contribution is -0.116. The SMILES string of the molecule is O=C1Nc2c(F)ccc(OCCCl)c2C1CS. The summed E-state index contributed by atoms with van der Waals surface area (Å²) in [6, 6.07) is 2.78. The molecule has 2 rings (SSSR count). The molecule has 1 N–H and O–H groups in total. The van der Waals surface area contributed by atoms with Gasteiger partial charge < -0.3 is 10.1 Å². The molecule has 3 nitrogen and oxygen atoms in total. The molecular weight excluding hydrogens is 265 g/mol. The molecule has 1 aliphatic rings. The Labute approximate surface area is 109 Å². The Morgan fingerprint density at radius 1 is 1.53 bits per heavy atom. The molecule has 0 fully saturated rings. The van der Waals surface area contributed by atoms with Crippen molar-refractivity contribution in [3.05, 3.63) is 23.5 Å². The van der Waals surface area contributed by atoms with E-state index in [0.717, 1.165) is 0 Å². The minimum atomic E-state index is -0.477. The molecule has 0 aromatic heterocycles. The van der Waals surface area contributed by atoms with E-state index in [1.165, 1.54) is 12.1 Å². The first-order valence-electron chi connectivity index (χ1n) is 5.12. The fourth-order valence-electron chi connectivity index (χ4n) is 1.84. The van der Waals surface area contributed by atoms with E-state index in [4.69, 9.17) is 16.3 Å². The van der Waals surface area contributed by atoms with Crippen LogP contribution >= 0.6 is 24.2 Å². The first-order valence-corrected chi connectivity index (χ1v) is 6.28. The van der Waals surface area contributed by atoms with Crippen LogP contribution in [0.3, 0.4) is 0 Å². The lowest BCUT2D eigenvalue weighted by Crippen LogP contribution is -2.13. The van der Waals surface area contributed by atoms with E-state index in [0.29, 0.717) is 29.6 Å². The molecule has 1 aliphatic heterocycles. The number of carbonyl (C=O) groups excluding carboxylic acids is 1. The number of benzene rings is 1. The summed E-state index contributed by atoms with van der Waals surface area (Å²) in [4.78, 5) is 11.6. The summed E-state index contributed by atoms with van der Waals surface area (Å²) in [5, 5.41) is 2.51. The van der Waals surface area contributed by atoms with Crippen LogP contribution in [0.2, 0.25) is 0 Å². The molecule has 6 heteroatoms. The molecule has 0 aliphatic carbocycles. The number of carbonyl (C=O) groups is 1. The molecule has 17 heavy (non-hydrogen) atoms. The van der Waals surface area contributed by atoms with Gasteiger partial charge in [0.15, 0.2) is 0 Å². The van der Waals surface area contributed by atoms with Crippen molar-refractivity contribution < 1.29 is 13.9 Å². The fourth-order valence-corrected chi connectivity index (χ4v) is 2.26. The van der Waals surface area contributed by atoms with Crippen LogP contribution in [0.15, 0.2) is 12.1 Å². The van der Waals surface area contributed by atoms with E-state index in [1.54, 1.807) is 0 Å². The van der Waals surface area contributed by atoms with Gasteiger partial charge in [0, 0.05) is 11.3 Å². The summed E-state index contributed by atoms with van der Waals surface area (Å²) in [5.41, 5.74) is 0.733. The number of anilines is 1. The maximum absolute atomic E-state index is 13.6. The molecule has 0 saturated carbocycles. The van der Waals surface area contributed by atoms with Crippen molar-refractivity contribution in [2.24, 2.45) is 0 Å². The predicted molar refractivity (Wildman–Crippen MR) is 67.8 cm³/mol. The fraction of sp³-hybridized carbons (Fsp3) is 0.364. The number of rotatable bonds is 4. The van der Waals surface area contributed by atoms with Crippen LogP contribution in [-0.4, -0.2) is 24.1 Å². The Kier molecular flexibility index (Phi) is 3.79. The van der Waals surface area contributed by atoms with Gasteiger partial charge in [0.1, 0.15) is 18.2 Å². The third-order valence-electron chi connectivity index (χ3n) is 2.59. The van der Waals surface area contributed by atoms with E-state index < -0.39 is 11.7 Å². The second-order valence-corrected chi connectivity index (χ2v) is 4.34. The average molecular weight is 276 g/mol. The highest BCUT2D eigenvalue weighted by atomic mass is 35.5. The highest BCUT2D eigenvalue weighted by Gasteiger charge is 2.34. The summed E-state index contributed by atoms with van der Waals surface area (Å²) in [7, 11) is 0. The van der Waals surface area contributed by atoms with E-state index in [-0.39, 0.29) is 11.6 Å². The van der Waals surface area contributed by atoms with Gasteiger partial charge in [0.25, 0.3) is 0 Å². The van der Waals surface area contributed by atoms with Gasteiger partial charge in [0.2, 0.25) is 5.91 Å². The monoisotopic (exact) mass is 275 g/mol. The molecule has 0 bridgehead atoms. The summed E-state index contributed by atoms with van der Waals surface area (Å²) < 4.78 is 19.0. The second-order valence-electron chi connectivity index (χ2n) is 3.60. The number of halogens is 2. The summed E-state index contributed by atoms with van der Waals surface area (Å²) in [6.07, 6.45) is 0. The minimum Gasteiger partial charge on any atom is -0.492 e. The summed E-state index contributed by atoms with van der Waals surface area (Å²) >= 11 is 9.64. The minimum absolute atomic E-state index is 0.195. The molecule has 1 heterocycles. The smallest absolute Gasteiger partial charge is 0.233 e. The van der Waals surface area contributed by atoms with Crippen LogP contribution in [0.5, 0.6) is 5.75 Å². The van der Waals surface area contributed by atoms with Crippen LogP contribution < -0.4 is 10.1 Å². The van der Waals surface area contributed by atoms with Crippen LogP contribution in [-0.2, 0) is 4.79 Å². The maximum Gasteiger partial charge on any atom is 0.233 e. The molecule has 0 spiro atoms. The molecule has 1 aromatic rings.